The highest BCUT2D eigenvalue weighted by Gasteiger charge is 2.32. The van der Waals surface area contributed by atoms with Crippen molar-refractivity contribution in [2.75, 3.05) is 20.2 Å². The molecular formula is C20H23ClN2O4S. The van der Waals surface area contributed by atoms with Crippen LogP contribution in [0.2, 0.25) is 5.02 Å². The molecule has 2 aromatic carbocycles. The maximum atomic E-state index is 13.1. The molecule has 1 aliphatic rings. The predicted octanol–water partition coefficient (Wildman–Crippen LogP) is 3.24. The fourth-order valence-corrected chi connectivity index (χ4v) is 5.30. The first-order valence-corrected chi connectivity index (χ1v) is 10.8. The van der Waals surface area contributed by atoms with Crippen LogP contribution in [0.5, 0.6) is 5.75 Å². The molecule has 0 unspecified atom stereocenters. The summed E-state index contributed by atoms with van der Waals surface area (Å²) < 4.78 is 32.7. The van der Waals surface area contributed by atoms with Gasteiger partial charge in [0.15, 0.2) is 0 Å². The van der Waals surface area contributed by atoms with E-state index >= 15 is 0 Å². The number of ether oxygens (including phenoxy) is 1. The molecule has 1 N–H and O–H groups in total. The molecule has 1 aliphatic heterocycles. The summed E-state index contributed by atoms with van der Waals surface area (Å²) >= 11 is 6.10. The van der Waals surface area contributed by atoms with Crippen LogP contribution in [0.1, 0.15) is 28.8 Å². The number of carbonyl (C=O) groups excluding carboxylic acids is 1. The Morgan fingerprint density at radius 2 is 1.93 bits per heavy atom. The molecule has 1 amide bonds. The number of halogens is 1. The van der Waals surface area contributed by atoms with Gasteiger partial charge in [0, 0.05) is 29.7 Å². The van der Waals surface area contributed by atoms with Gasteiger partial charge in [-0.15, -0.1) is 0 Å². The number of amides is 1. The number of benzene rings is 2. The van der Waals surface area contributed by atoms with E-state index in [1.165, 1.54) is 4.31 Å². The van der Waals surface area contributed by atoms with E-state index < -0.39 is 10.0 Å². The van der Waals surface area contributed by atoms with Gasteiger partial charge in [-0.05, 0) is 61.7 Å². The van der Waals surface area contributed by atoms with E-state index in [4.69, 9.17) is 16.3 Å². The number of hydrogen-bond donors (Lipinski definition) is 1. The number of sulfonamides is 1. The quantitative estimate of drug-likeness (QED) is 0.802. The molecule has 1 fully saturated rings. The first-order chi connectivity index (χ1) is 13.3. The van der Waals surface area contributed by atoms with Crippen LogP contribution in [0.4, 0.5) is 0 Å². The lowest BCUT2D eigenvalue weighted by Crippen LogP contribution is -2.49. The summed E-state index contributed by atoms with van der Waals surface area (Å²) in [5, 5.41) is 3.36. The highest BCUT2D eigenvalue weighted by atomic mass is 35.5. The Balaban J connectivity index is 1.72. The second-order valence-electron chi connectivity index (χ2n) is 6.77. The van der Waals surface area contributed by atoms with Crippen LogP contribution in [-0.2, 0) is 10.0 Å². The van der Waals surface area contributed by atoms with Crippen molar-refractivity contribution < 1.29 is 17.9 Å². The van der Waals surface area contributed by atoms with E-state index in [2.05, 4.69) is 5.32 Å². The van der Waals surface area contributed by atoms with E-state index in [1.807, 2.05) is 0 Å². The molecule has 2 aromatic rings. The Morgan fingerprint density at radius 1 is 1.21 bits per heavy atom. The van der Waals surface area contributed by atoms with Gasteiger partial charge in [-0.3, -0.25) is 4.79 Å². The summed E-state index contributed by atoms with van der Waals surface area (Å²) in [6.07, 6.45) is 1.40. The smallest absolute Gasteiger partial charge is 0.251 e. The van der Waals surface area contributed by atoms with E-state index in [-0.39, 0.29) is 23.4 Å². The van der Waals surface area contributed by atoms with Crippen molar-refractivity contribution in [1.82, 2.24) is 9.62 Å². The van der Waals surface area contributed by atoms with Crippen LogP contribution in [-0.4, -0.2) is 44.9 Å². The molecule has 6 nitrogen and oxygen atoms in total. The third-order valence-corrected chi connectivity index (χ3v) is 7.33. The number of rotatable bonds is 5. The second-order valence-corrected chi connectivity index (χ2v) is 9.08. The summed E-state index contributed by atoms with van der Waals surface area (Å²) in [6, 6.07) is 11.4. The third kappa shape index (κ3) is 4.32. The van der Waals surface area contributed by atoms with Crippen molar-refractivity contribution in [1.29, 1.82) is 0 Å². The Hall–Kier alpha value is -2.09. The average Bonchev–Trinajstić information content (AvgIpc) is 2.70. The molecule has 1 atom stereocenters. The Labute approximate surface area is 170 Å². The zero-order chi connectivity index (χ0) is 20.3. The maximum Gasteiger partial charge on any atom is 0.251 e. The maximum absolute atomic E-state index is 13.1. The number of carbonyl (C=O) groups is 1. The van der Waals surface area contributed by atoms with Crippen LogP contribution < -0.4 is 10.1 Å². The first kappa shape index (κ1) is 20.6. The van der Waals surface area contributed by atoms with Crippen LogP contribution in [0, 0.1) is 6.92 Å². The SMILES string of the molecule is COc1ccc(C(=O)N[C@H]2CCCN(S(=O)(=O)c3cccc(Cl)c3C)C2)cc1. The predicted molar refractivity (Wildman–Crippen MR) is 108 cm³/mol. The minimum absolute atomic E-state index is 0.210. The molecule has 28 heavy (non-hydrogen) atoms. The molecular weight excluding hydrogens is 400 g/mol. The van der Waals surface area contributed by atoms with Crippen molar-refractivity contribution in [2.24, 2.45) is 0 Å². The molecule has 0 bridgehead atoms. The van der Waals surface area contributed by atoms with Crippen molar-refractivity contribution in [2.45, 2.75) is 30.7 Å². The molecule has 3 rings (SSSR count). The zero-order valence-corrected chi connectivity index (χ0v) is 17.4. The molecule has 0 aliphatic carbocycles. The van der Waals surface area contributed by atoms with E-state index in [0.29, 0.717) is 34.9 Å². The van der Waals surface area contributed by atoms with E-state index in [0.717, 1.165) is 6.42 Å². The van der Waals surface area contributed by atoms with Crippen LogP contribution in [0.3, 0.4) is 0 Å². The van der Waals surface area contributed by atoms with Crippen molar-refractivity contribution in [3.8, 4) is 5.75 Å². The summed E-state index contributed by atoms with van der Waals surface area (Å²) in [7, 11) is -2.11. The van der Waals surface area contributed by atoms with Crippen LogP contribution >= 0.6 is 11.6 Å². The topological polar surface area (TPSA) is 75.7 Å². The van der Waals surface area contributed by atoms with E-state index in [9.17, 15) is 13.2 Å². The van der Waals surface area contributed by atoms with Gasteiger partial charge in [0.25, 0.3) is 5.91 Å². The largest absolute Gasteiger partial charge is 0.497 e. The zero-order valence-electron chi connectivity index (χ0n) is 15.8. The fraction of sp³-hybridized carbons (Fsp3) is 0.350. The molecule has 150 valence electrons. The Kier molecular flexibility index (Phi) is 6.27. The average molecular weight is 423 g/mol. The lowest BCUT2D eigenvalue weighted by Gasteiger charge is -2.32. The van der Waals surface area contributed by atoms with Crippen molar-refractivity contribution in [3.63, 3.8) is 0 Å². The summed E-state index contributed by atoms with van der Waals surface area (Å²) in [6.45, 7) is 2.35. The van der Waals surface area contributed by atoms with Gasteiger partial charge in [-0.2, -0.15) is 4.31 Å². The number of hydrogen-bond acceptors (Lipinski definition) is 4. The molecule has 1 saturated heterocycles. The standard InChI is InChI=1S/C20H23ClN2O4S/c1-14-18(21)6-3-7-19(14)28(25,26)23-12-4-5-16(13-23)22-20(24)15-8-10-17(27-2)11-9-15/h3,6-11,16H,4-5,12-13H2,1-2H3,(H,22,24)/t16-/m0/s1. The van der Waals surface area contributed by atoms with Crippen LogP contribution in [0.15, 0.2) is 47.4 Å². The molecule has 0 saturated carbocycles. The minimum atomic E-state index is -3.68. The number of nitrogens with one attached hydrogen (secondary N) is 1. The third-order valence-electron chi connectivity index (χ3n) is 4.91. The Bertz CT molecular complexity index is 961. The lowest BCUT2D eigenvalue weighted by molar-refractivity contribution is 0.0921. The highest BCUT2D eigenvalue weighted by molar-refractivity contribution is 7.89. The summed E-state index contributed by atoms with van der Waals surface area (Å²) in [5.74, 6) is 0.439. The van der Waals surface area contributed by atoms with Gasteiger partial charge in [0.05, 0.1) is 12.0 Å². The van der Waals surface area contributed by atoms with Gasteiger partial charge in [-0.1, -0.05) is 17.7 Å². The van der Waals surface area contributed by atoms with Gasteiger partial charge in [0.1, 0.15) is 5.75 Å². The number of nitrogens with zero attached hydrogens (tertiary/aromatic N) is 1. The molecule has 8 heteroatoms. The number of piperidine rings is 1. The Morgan fingerprint density at radius 3 is 2.61 bits per heavy atom. The van der Waals surface area contributed by atoms with Gasteiger partial charge in [-0.25, -0.2) is 8.42 Å². The normalized spacial score (nSPS) is 17.9. The second kappa shape index (κ2) is 8.51. The summed E-state index contributed by atoms with van der Waals surface area (Å²) in [4.78, 5) is 12.7. The number of methoxy groups -OCH3 is 1. The molecule has 0 spiro atoms. The summed E-state index contributed by atoms with van der Waals surface area (Å²) in [5.41, 5.74) is 1.04. The van der Waals surface area contributed by atoms with Gasteiger partial charge < -0.3 is 10.1 Å². The lowest BCUT2D eigenvalue weighted by atomic mass is 10.1. The van der Waals surface area contributed by atoms with Gasteiger partial charge in [0.2, 0.25) is 10.0 Å². The molecule has 0 aromatic heterocycles. The van der Waals surface area contributed by atoms with Gasteiger partial charge >= 0.3 is 0 Å². The first-order valence-electron chi connectivity index (χ1n) is 9.03. The van der Waals surface area contributed by atoms with Crippen molar-refractivity contribution in [3.05, 3.63) is 58.6 Å². The highest BCUT2D eigenvalue weighted by Crippen LogP contribution is 2.27. The molecule has 0 radical (unpaired) electrons. The molecule has 1 heterocycles. The van der Waals surface area contributed by atoms with Crippen LogP contribution in [0.25, 0.3) is 0 Å². The minimum Gasteiger partial charge on any atom is -0.497 e. The monoisotopic (exact) mass is 422 g/mol. The van der Waals surface area contributed by atoms with Crippen molar-refractivity contribution >= 4 is 27.5 Å². The fourth-order valence-electron chi connectivity index (χ4n) is 3.30. The van der Waals surface area contributed by atoms with E-state index in [1.54, 1.807) is 56.5 Å².